The summed E-state index contributed by atoms with van der Waals surface area (Å²) in [6.07, 6.45) is 8.85. The molecule has 1 fully saturated rings. The van der Waals surface area contributed by atoms with E-state index in [1.54, 1.807) is 24.8 Å². The largest absolute Gasteiger partial charge is 0.334 e. The third kappa shape index (κ3) is 2.83. The molecular formula is C20H19N7O. The molecule has 2 aliphatic rings. The fourth-order valence-corrected chi connectivity index (χ4v) is 3.85. The van der Waals surface area contributed by atoms with Crippen molar-refractivity contribution in [3.63, 3.8) is 0 Å². The summed E-state index contributed by atoms with van der Waals surface area (Å²) < 4.78 is 0. The van der Waals surface area contributed by atoms with E-state index < -0.39 is 0 Å². The zero-order valence-electron chi connectivity index (χ0n) is 15.4. The average Bonchev–Trinajstić information content (AvgIpc) is 3.43. The van der Waals surface area contributed by atoms with Gasteiger partial charge in [-0.05, 0) is 24.6 Å². The Kier molecular flexibility index (Phi) is 3.89. The molecule has 1 amide bonds. The van der Waals surface area contributed by atoms with Gasteiger partial charge in [0.1, 0.15) is 0 Å². The first-order chi connectivity index (χ1) is 13.7. The number of benzene rings is 1. The molecule has 3 aromatic rings. The van der Waals surface area contributed by atoms with E-state index >= 15 is 0 Å². The topological polar surface area (TPSA) is 80.0 Å². The Balaban J connectivity index is 1.37. The molecule has 140 valence electrons. The average molecular weight is 373 g/mol. The normalized spacial score (nSPS) is 18.3. The number of rotatable bonds is 3. The summed E-state index contributed by atoms with van der Waals surface area (Å²) in [5.41, 5.74) is 3.46. The van der Waals surface area contributed by atoms with Crippen molar-refractivity contribution in [1.82, 2.24) is 29.9 Å². The molecule has 4 heterocycles. The number of amides is 1. The van der Waals surface area contributed by atoms with Crippen LogP contribution in [0.25, 0.3) is 5.69 Å². The van der Waals surface area contributed by atoms with Gasteiger partial charge in [0, 0.05) is 37.9 Å². The van der Waals surface area contributed by atoms with Gasteiger partial charge in [-0.2, -0.15) is 15.0 Å². The van der Waals surface area contributed by atoms with Crippen LogP contribution in [0.1, 0.15) is 16.1 Å². The Morgan fingerprint density at radius 3 is 2.71 bits per heavy atom. The van der Waals surface area contributed by atoms with Crippen molar-refractivity contribution < 1.29 is 4.79 Å². The van der Waals surface area contributed by atoms with Gasteiger partial charge in [-0.1, -0.05) is 12.1 Å². The number of fused-ring (bicyclic) bond motifs is 1. The number of aromatic nitrogens is 5. The fourth-order valence-electron chi connectivity index (χ4n) is 3.85. The highest BCUT2D eigenvalue weighted by atomic mass is 16.2. The molecule has 0 saturated carbocycles. The van der Waals surface area contributed by atoms with Gasteiger partial charge in [0.15, 0.2) is 5.82 Å². The first kappa shape index (κ1) is 16.6. The van der Waals surface area contributed by atoms with Crippen LogP contribution >= 0.6 is 0 Å². The predicted molar refractivity (Wildman–Crippen MR) is 103 cm³/mol. The minimum absolute atomic E-state index is 0.00472. The lowest BCUT2D eigenvalue weighted by Gasteiger charge is -2.21. The molecule has 1 unspecified atom stereocenters. The van der Waals surface area contributed by atoms with E-state index in [1.807, 2.05) is 36.1 Å². The monoisotopic (exact) mass is 373 g/mol. The van der Waals surface area contributed by atoms with Crippen molar-refractivity contribution >= 4 is 11.7 Å². The van der Waals surface area contributed by atoms with Gasteiger partial charge in [-0.3, -0.25) is 9.78 Å². The molecule has 0 radical (unpaired) electrons. The summed E-state index contributed by atoms with van der Waals surface area (Å²) >= 11 is 0. The molecule has 2 aromatic heterocycles. The smallest absolute Gasteiger partial charge is 0.256 e. The van der Waals surface area contributed by atoms with Gasteiger partial charge < -0.3 is 9.80 Å². The van der Waals surface area contributed by atoms with Crippen molar-refractivity contribution in [3.05, 3.63) is 72.1 Å². The van der Waals surface area contributed by atoms with Crippen LogP contribution in [0.4, 0.5) is 5.82 Å². The minimum Gasteiger partial charge on any atom is -0.334 e. The molecule has 1 atom stereocenters. The van der Waals surface area contributed by atoms with E-state index in [0.717, 1.165) is 18.1 Å². The van der Waals surface area contributed by atoms with Crippen LogP contribution in [0.15, 0.2) is 60.8 Å². The number of para-hydroxylation sites is 1. The Labute approximate surface area is 162 Å². The third-order valence-electron chi connectivity index (χ3n) is 5.17. The van der Waals surface area contributed by atoms with Gasteiger partial charge in [0.05, 0.1) is 35.5 Å². The maximum Gasteiger partial charge on any atom is 0.256 e. The van der Waals surface area contributed by atoms with E-state index in [2.05, 4.69) is 31.3 Å². The summed E-state index contributed by atoms with van der Waals surface area (Å²) in [5, 5.41) is 8.34. The van der Waals surface area contributed by atoms with E-state index in [4.69, 9.17) is 0 Å². The van der Waals surface area contributed by atoms with Crippen LogP contribution in [0.5, 0.6) is 0 Å². The second-order valence-electron chi connectivity index (χ2n) is 7.09. The fraction of sp³-hybridized carbons (Fsp3) is 0.250. The highest BCUT2D eigenvalue weighted by Crippen LogP contribution is 2.33. The molecule has 0 N–H and O–H groups in total. The Morgan fingerprint density at radius 1 is 1.11 bits per heavy atom. The number of hydrogen-bond acceptors (Lipinski definition) is 6. The van der Waals surface area contributed by atoms with Crippen LogP contribution in [-0.4, -0.2) is 55.4 Å². The van der Waals surface area contributed by atoms with Crippen LogP contribution < -0.4 is 4.90 Å². The number of likely N-dealkylation sites (tertiary alicyclic amines) is 1. The van der Waals surface area contributed by atoms with Crippen molar-refractivity contribution in [2.24, 2.45) is 5.92 Å². The lowest BCUT2D eigenvalue weighted by molar-refractivity contribution is 0.0788. The van der Waals surface area contributed by atoms with Crippen molar-refractivity contribution in [3.8, 4) is 5.69 Å². The van der Waals surface area contributed by atoms with E-state index in [1.165, 1.54) is 10.4 Å². The number of carbonyl (C=O) groups excluding carboxylic acids is 1. The predicted octanol–water partition coefficient (Wildman–Crippen LogP) is 1.84. The van der Waals surface area contributed by atoms with Crippen molar-refractivity contribution in [2.45, 2.75) is 6.92 Å². The second kappa shape index (κ2) is 6.56. The molecule has 0 spiro atoms. The Hall–Kier alpha value is -3.55. The van der Waals surface area contributed by atoms with Gasteiger partial charge in [-0.25, -0.2) is 4.98 Å². The molecule has 0 aliphatic carbocycles. The second-order valence-corrected chi connectivity index (χ2v) is 7.09. The number of aryl methyl sites for hydroxylation is 1. The van der Waals surface area contributed by atoms with Crippen molar-refractivity contribution in [2.75, 3.05) is 24.5 Å². The highest BCUT2D eigenvalue weighted by molar-refractivity contribution is 5.98. The van der Waals surface area contributed by atoms with E-state index in [0.29, 0.717) is 30.3 Å². The lowest BCUT2D eigenvalue weighted by Crippen LogP contribution is -2.32. The lowest BCUT2D eigenvalue weighted by atomic mass is 10.1. The van der Waals surface area contributed by atoms with Crippen LogP contribution in [0, 0.1) is 12.8 Å². The summed E-state index contributed by atoms with van der Waals surface area (Å²) in [5.74, 6) is 1.18. The molecule has 8 heteroatoms. The standard InChI is InChI=1S/C20H19N7O/c1-14-8-21-9-19(24-14)25-10-15-12-26(13-16(15)11-25)20(28)17-4-2-3-5-18(17)27-22-6-7-23-27/h2-10,16H,11-13H2,1H3. The molecule has 2 aliphatic heterocycles. The number of carbonyl (C=O) groups is 1. The van der Waals surface area contributed by atoms with Crippen LogP contribution in [-0.2, 0) is 0 Å². The van der Waals surface area contributed by atoms with Gasteiger partial charge in [-0.15, -0.1) is 0 Å². The van der Waals surface area contributed by atoms with E-state index in [-0.39, 0.29) is 5.91 Å². The molecule has 28 heavy (non-hydrogen) atoms. The van der Waals surface area contributed by atoms with E-state index in [9.17, 15) is 4.79 Å². The highest BCUT2D eigenvalue weighted by Gasteiger charge is 2.37. The van der Waals surface area contributed by atoms with Gasteiger partial charge in [0.25, 0.3) is 5.91 Å². The van der Waals surface area contributed by atoms with Crippen molar-refractivity contribution in [1.29, 1.82) is 0 Å². The molecule has 5 rings (SSSR count). The van der Waals surface area contributed by atoms with Gasteiger partial charge in [0.2, 0.25) is 0 Å². The van der Waals surface area contributed by atoms with Crippen LogP contribution in [0.2, 0.25) is 0 Å². The summed E-state index contributed by atoms with van der Waals surface area (Å²) in [7, 11) is 0. The molecule has 1 saturated heterocycles. The zero-order chi connectivity index (χ0) is 19.1. The molecule has 0 bridgehead atoms. The maximum atomic E-state index is 13.2. The number of anilines is 1. The van der Waals surface area contributed by atoms with Gasteiger partial charge >= 0.3 is 0 Å². The molecule has 1 aromatic carbocycles. The SMILES string of the molecule is Cc1cncc(N2C=C3CN(C(=O)c4ccccc4-n4nccn4)CC3C2)n1. The minimum atomic E-state index is 0.00472. The summed E-state index contributed by atoms with van der Waals surface area (Å²) in [6.45, 7) is 4.08. The molecular weight excluding hydrogens is 354 g/mol. The summed E-state index contributed by atoms with van der Waals surface area (Å²) in [4.78, 5) is 27.5. The zero-order valence-corrected chi connectivity index (χ0v) is 15.4. The first-order valence-corrected chi connectivity index (χ1v) is 9.20. The maximum absolute atomic E-state index is 13.2. The third-order valence-corrected chi connectivity index (χ3v) is 5.17. The number of hydrogen-bond donors (Lipinski definition) is 0. The number of nitrogens with zero attached hydrogens (tertiary/aromatic N) is 7. The first-order valence-electron chi connectivity index (χ1n) is 9.20. The van der Waals surface area contributed by atoms with Crippen LogP contribution in [0.3, 0.4) is 0 Å². The Morgan fingerprint density at radius 2 is 1.93 bits per heavy atom. The Bertz CT molecular complexity index is 1060. The quantitative estimate of drug-likeness (QED) is 0.697. The summed E-state index contributed by atoms with van der Waals surface area (Å²) in [6, 6.07) is 7.45. The molecule has 8 nitrogen and oxygen atoms in total.